The van der Waals surface area contributed by atoms with Crippen LogP contribution in [0, 0.1) is 6.92 Å². The minimum Gasteiger partial charge on any atom is -0.490 e. The van der Waals surface area contributed by atoms with E-state index in [0.29, 0.717) is 35.4 Å². The Morgan fingerprint density at radius 1 is 1.03 bits per heavy atom. The van der Waals surface area contributed by atoms with Crippen molar-refractivity contribution in [3.8, 4) is 11.5 Å². The maximum atomic E-state index is 12.3. The fourth-order valence-corrected chi connectivity index (χ4v) is 2.74. The number of halogens is 1. The van der Waals surface area contributed by atoms with Gasteiger partial charge in [0.2, 0.25) is 0 Å². The van der Waals surface area contributed by atoms with Gasteiger partial charge in [-0.3, -0.25) is 4.79 Å². The first-order chi connectivity index (χ1) is 13.9. The molecule has 0 aliphatic heterocycles. The van der Waals surface area contributed by atoms with E-state index < -0.39 is 18.5 Å². The minimum atomic E-state index is -0.617. The second-order valence-electron chi connectivity index (χ2n) is 6.38. The summed E-state index contributed by atoms with van der Waals surface area (Å²) in [5.41, 5.74) is 1.71. The molecule has 0 unspecified atom stereocenters. The zero-order valence-electron chi connectivity index (χ0n) is 16.9. The molecular formula is C22H26ClNO5. The van der Waals surface area contributed by atoms with Crippen molar-refractivity contribution < 1.29 is 23.8 Å². The Balaban J connectivity index is 1.96. The summed E-state index contributed by atoms with van der Waals surface area (Å²) in [6, 6.07) is 9.94. The molecule has 0 saturated carbocycles. The molecule has 0 radical (unpaired) electrons. The van der Waals surface area contributed by atoms with Gasteiger partial charge in [0.15, 0.2) is 18.1 Å². The molecule has 1 N–H and O–H groups in total. The number of anilines is 1. The average molecular weight is 420 g/mol. The number of ether oxygens (including phenoxy) is 3. The second-order valence-corrected chi connectivity index (χ2v) is 6.82. The van der Waals surface area contributed by atoms with Gasteiger partial charge in [-0.2, -0.15) is 0 Å². The van der Waals surface area contributed by atoms with Crippen molar-refractivity contribution in [1.82, 2.24) is 0 Å². The van der Waals surface area contributed by atoms with Crippen LogP contribution in [0.3, 0.4) is 0 Å². The van der Waals surface area contributed by atoms with Crippen LogP contribution in [0.15, 0.2) is 36.4 Å². The number of benzene rings is 2. The largest absolute Gasteiger partial charge is 0.490 e. The summed E-state index contributed by atoms with van der Waals surface area (Å²) in [6.45, 7) is 6.36. The Labute approximate surface area is 176 Å². The van der Waals surface area contributed by atoms with Crippen LogP contribution in [-0.2, 0) is 9.53 Å². The summed E-state index contributed by atoms with van der Waals surface area (Å²) >= 11 is 5.90. The summed E-state index contributed by atoms with van der Waals surface area (Å²) in [5, 5.41) is 3.28. The zero-order chi connectivity index (χ0) is 21.2. The topological polar surface area (TPSA) is 73.9 Å². The van der Waals surface area contributed by atoms with Crippen molar-refractivity contribution >= 4 is 29.2 Å². The van der Waals surface area contributed by atoms with Gasteiger partial charge in [-0.25, -0.2) is 4.79 Å². The standard InChI is InChI=1S/C22H26ClNO5/c1-4-6-11-28-19-10-7-16(13-20(19)27-5-2)22(26)29-14-21(25)24-18-9-8-17(23)12-15(18)3/h7-10,12-13H,4-6,11,14H2,1-3H3,(H,24,25). The van der Waals surface area contributed by atoms with Crippen LogP contribution in [0.5, 0.6) is 11.5 Å². The maximum absolute atomic E-state index is 12.3. The molecule has 0 spiro atoms. The second kappa shape index (κ2) is 11.3. The maximum Gasteiger partial charge on any atom is 0.338 e. The van der Waals surface area contributed by atoms with Gasteiger partial charge >= 0.3 is 5.97 Å². The summed E-state index contributed by atoms with van der Waals surface area (Å²) in [6.07, 6.45) is 1.95. The number of unbranched alkanes of at least 4 members (excludes halogenated alkanes) is 1. The molecule has 0 bridgehead atoms. The third-order valence-corrected chi connectivity index (χ3v) is 4.27. The number of rotatable bonds is 10. The van der Waals surface area contributed by atoms with Gasteiger partial charge in [-0.05, 0) is 62.2 Å². The van der Waals surface area contributed by atoms with Crippen LogP contribution in [0.4, 0.5) is 5.69 Å². The SMILES string of the molecule is CCCCOc1ccc(C(=O)OCC(=O)Nc2ccc(Cl)cc2C)cc1OCC. The molecule has 29 heavy (non-hydrogen) atoms. The predicted octanol–water partition coefficient (Wildman–Crippen LogP) is 5.02. The van der Waals surface area contributed by atoms with Crippen LogP contribution in [0.25, 0.3) is 0 Å². The molecule has 0 atom stereocenters. The number of carbonyl (C=O) groups is 2. The third-order valence-electron chi connectivity index (χ3n) is 4.03. The number of aryl methyl sites for hydroxylation is 1. The normalized spacial score (nSPS) is 10.3. The highest BCUT2D eigenvalue weighted by atomic mass is 35.5. The van der Waals surface area contributed by atoms with Gasteiger partial charge in [-0.15, -0.1) is 0 Å². The number of nitrogens with one attached hydrogen (secondary N) is 1. The highest BCUT2D eigenvalue weighted by Crippen LogP contribution is 2.29. The molecular weight excluding hydrogens is 394 g/mol. The Hall–Kier alpha value is -2.73. The lowest BCUT2D eigenvalue weighted by Gasteiger charge is -2.13. The van der Waals surface area contributed by atoms with Crippen molar-refractivity contribution in [2.45, 2.75) is 33.6 Å². The van der Waals surface area contributed by atoms with Crippen molar-refractivity contribution in [2.24, 2.45) is 0 Å². The van der Waals surface area contributed by atoms with Crippen molar-refractivity contribution in [3.63, 3.8) is 0 Å². The molecule has 6 nitrogen and oxygen atoms in total. The molecule has 0 saturated heterocycles. The molecule has 2 aromatic rings. The van der Waals surface area contributed by atoms with Gasteiger partial charge < -0.3 is 19.5 Å². The summed E-state index contributed by atoms with van der Waals surface area (Å²) in [4.78, 5) is 24.4. The van der Waals surface area contributed by atoms with E-state index in [-0.39, 0.29) is 5.56 Å². The molecule has 0 fully saturated rings. The third kappa shape index (κ3) is 6.98. The van der Waals surface area contributed by atoms with Crippen molar-refractivity contribution in [2.75, 3.05) is 25.1 Å². The van der Waals surface area contributed by atoms with Crippen LogP contribution >= 0.6 is 11.6 Å². The van der Waals surface area contributed by atoms with E-state index in [0.717, 1.165) is 18.4 Å². The first-order valence-corrected chi connectivity index (χ1v) is 9.95. The molecule has 156 valence electrons. The number of amides is 1. The average Bonchev–Trinajstić information content (AvgIpc) is 2.69. The Bertz CT molecular complexity index is 853. The Morgan fingerprint density at radius 3 is 2.52 bits per heavy atom. The van der Waals surface area contributed by atoms with E-state index in [1.54, 1.807) is 36.4 Å². The first kappa shape index (κ1) is 22.6. The number of hydrogen-bond donors (Lipinski definition) is 1. The molecule has 0 aliphatic rings. The fourth-order valence-electron chi connectivity index (χ4n) is 2.52. The summed E-state index contributed by atoms with van der Waals surface area (Å²) in [7, 11) is 0. The van der Waals surface area contributed by atoms with E-state index in [9.17, 15) is 9.59 Å². The van der Waals surface area contributed by atoms with Gasteiger partial charge in [0.05, 0.1) is 18.8 Å². The highest BCUT2D eigenvalue weighted by Gasteiger charge is 2.15. The molecule has 7 heteroatoms. The minimum absolute atomic E-state index is 0.284. The van der Waals surface area contributed by atoms with Crippen LogP contribution < -0.4 is 14.8 Å². The molecule has 1 amide bonds. The van der Waals surface area contributed by atoms with Crippen LogP contribution in [-0.4, -0.2) is 31.7 Å². The highest BCUT2D eigenvalue weighted by molar-refractivity contribution is 6.30. The van der Waals surface area contributed by atoms with Gasteiger partial charge in [0.1, 0.15) is 0 Å². The first-order valence-electron chi connectivity index (χ1n) is 9.57. The van der Waals surface area contributed by atoms with Crippen LogP contribution in [0.1, 0.15) is 42.6 Å². The molecule has 0 aromatic heterocycles. The lowest BCUT2D eigenvalue weighted by Crippen LogP contribution is -2.21. The number of esters is 1. The van der Waals surface area contributed by atoms with E-state index in [1.165, 1.54) is 0 Å². The Kier molecular flexibility index (Phi) is 8.80. The molecule has 2 aromatic carbocycles. The van der Waals surface area contributed by atoms with Crippen molar-refractivity contribution in [3.05, 3.63) is 52.5 Å². The monoisotopic (exact) mass is 419 g/mol. The van der Waals surface area contributed by atoms with Gasteiger partial charge in [0.25, 0.3) is 5.91 Å². The number of hydrogen-bond acceptors (Lipinski definition) is 5. The molecule has 2 rings (SSSR count). The molecule has 0 heterocycles. The smallest absolute Gasteiger partial charge is 0.338 e. The zero-order valence-corrected chi connectivity index (χ0v) is 17.7. The molecule has 0 aliphatic carbocycles. The number of carbonyl (C=O) groups excluding carboxylic acids is 2. The van der Waals surface area contributed by atoms with E-state index in [4.69, 9.17) is 25.8 Å². The lowest BCUT2D eigenvalue weighted by atomic mass is 10.2. The van der Waals surface area contributed by atoms with Gasteiger partial charge in [0, 0.05) is 10.7 Å². The summed E-state index contributed by atoms with van der Waals surface area (Å²) in [5.74, 6) is -0.00513. The summed E-state index contributed by atoms with van der Waals surface area (Å²) < 4.78 is 16.4. The Morgan fingerprint density at radius 2 is 1.83 bits per heavy atom. The van der Waals surface area contributed by atoms with E-state index in [1.807, 2.05) is 13.8 Å². The van der Waals surface area contributed by atoms with Crippen molar-refractivity contribution in [1.29, 1.82) is 0 Å². The van der Waals surface area contributed by atoms with E-state index in [2.05, 4.69) is 12.2 Å². The predicted molar refractivity (Wildman–Crippen MR) is 113 cm³/mol. The van der Waals surface area contributed by atoms with Gasteiger partial charge in [-0.1, -0.05) is 24.9 Å². The van der Waals surface area contributed by atoms with E-state index >= 15 is 0 Å². The fraction of sp³-hybridized carbons (Fsp3) is 0.364. The van der Waals surface area contributed by atoms with Crippen LogP contribution in [0.2, 0.25) is 5.02 Å². The quantitative estimate of drug-likeness (QED) is 0.432. The lowest BCUT2D eigenvalue weighted by molar-refractivity contribution is -0.119.